The molecule has 1 aliphatic rings. The summed E-state index contributed by atoms with van der Waals surface area (Å²) in [6.45, 7) is 3.90. The minimum atomic E-state index is 0. The molecule has 0 aliphatic carbocycles. The maximum Gasteiger partial charge on any atom is 0.0414 e. The molecule has 2 heteroatoms. The number of benzene rings is 1. The number of anilines is 1. The number of aryl methyl sites for hydroxylation is 1. The fourth-order valence-electron chi connectivity index (χ4n) is 1.40. The summed E-state index contributed by atoms with van der Waals surface area (Å²) in [7, 11) is 0. The average molecular weight is 165 g/mol. The van der Waals surface area contributed by atoms with E-state index in [0.29, 0.717) is 0 Å². The lowest BCUT2D eigenvalue weighted by atomic mass is 10.0. The lowest BCUT2D eigenvalue weighted by Crippen LogP contribution is -2.08. The van der Waals surface area contributed by atoms with E-state index in [2.05, 4.69) is 30.1 Å². The fraction of sp³-hybridized carbons (Fsp3) is 0.200. The molecule has 1 aromatic rings. The summed E-state index contributed by atoms with van der Waals surface area (Å²) in [6.07, 6.45) is 2.19. The van der Waals surface area contributed by atoms with E-state index < -0.39 is 0 Å². The van der Waals surface area contributed by atoms with E-state index in [0.717, 1.165) is 18.5 Å². The summed E-state index contributed by atoms with van der Waals surface area (Å²) in [6, 6.07) is 8.38. The highest BCUT2D eigenvalue weighted by molar-refractivity contribution is 5.57. The molecule has 12 heavy (non-hydrogen) atoms. The molecule has 0 atom stereocenters. The van der Waals surface area contributed by atoms with E-state index >= 15 is 0 Å². The van der Waals surface area contributed by atoms with Crippen LogP contribution in [0.2, 0.25) is 0 Å². The van der Waals surface area contributed by atoms with Crippen molar-refractivity contribution in [2.24, 2.45) is 0 Å². The van der Waals surface area contributed by atoms with Crippen LogP contribution < -0.4 is 5.32 Å². The van der Waals surface area contributed by atoms with Crippen molar-refractivity contribution in [2.45, 2.75) is 12.8 Å². The van der Waals surface area contributed by atoms with Crippen molar-refractivity contribution in [3.63, 3.8) is 0 Å². The normalized spacial score (nSPS) is 14.2. The molecule has 2 rings (SSSR count). The summed E-state index contributed by atoms with van der Waals surface area (Å²) in [4.78, 5) is 0. The first kappa shape index (κ1) is 8.81. The van der Waals surface area contributed by atoms with Gasteiger partial charge in [0.25, 0.3) is 0 Å². The van der Waals surface area contributed by atoms with Gasteiger partial charge < -0.3 is 10.8 Å². The van der Waals surface area contributed by atoms with E-state index in [1.165, 1.54) is 11.3 Å². The van der Waals surface area contributed by atoms with Gasteiger partial charge in [-0.2, -0.15) is 0 Å². The standard InChI is InChI=1S/C10H11N.H2O.H2/c1-8-6-7-9-4-2-3-5-10(9)11-8;;/h2-5,11H,1,6-7H2;1H2;1H. The number of rotatable bonds is 0. The smallest absolute Gasteiger partial charge is 0.0414 e. The van der Waals surface area contributed by atoms with Crippen molar-refractivity contribution in [1.29, 1.82) is 0 Å². The van der Waals surface area contributed by atoms with E-state index in [-0.39, 0.29) is 6.90 Å². The zero-order valence-electron chi connectivity index (χ0n) is 6.93. The van der Waals surface area contributed by atoms with E-state index in [1.807, 2.05) is 6.07 Å². The highest BCUT2D eigenvalue weighted by Crippen LogP contribution is 2.24. The second-order valence-electron chi connectivity index (χ2n) is 2.89. The van der Waals surface area contributed by atoms with Crippen molar-refractivity contribution >= 4 is 5.69 Å². The Morgan fingerprint density at radius 2 is 2.00 bits per heavy atom. The second kappa shape index (κ2) is 3.41. The maximum atomic E-state index is 3.90. The molecule has 0 fully saturated rings. The zero-order valence-corrected chi connectivity index (χ0v) is 6.93. The summed E-state index contributed by atoms with van der Waals surface area (Å²) >= 11 is 0. The Kier molecular flexibility index (Phi) is 2.51. The van der Waals surface area contributed by atoms with Gasteiger partial charge in [-0.1, -0.05) is 24.8 Å². The summed E-state index contributed by atoms with van der Waals surface area (Å²) in [5, 5.41) is 3.27. The Balaban J connectivity index is 0.000000720. The van der Waals surface area contributed by atoms with Crippen molar-refractivity contribution in [2.75, 3.05) is 5.32 Å². The number of para-hydroxylation sites is 1. The Hall–Kier alpha value is -1.28. The van der Waals surface area contributed by atoms with Gasteiger partial charge in [0.2, 0.25) is 0 Å². The van der Waals surface area contributed by atoms with Gasteiger partial charge in [-0.3, -0.25) is 0 Å². The SMILES string of the molecule is C=C1CCc2ccccc2N1.O.[HH]. The van der Waals surface area contributed by atoms with Crippen LogP contribution >= 0.6 is 0 Å². The van der Waals surface area contributed by atoms with Crippen LogP contribution in [0.25, 0.3) is 0 Å². The Bertz CT molecular complexity index is 299. The van der Waals surface area contributed by atoms with E-state index in [9.17, 15) is 0 Å². The minimum Gasteiger partial charge on any atom is -0.412 e. The van der Waals surface area contributed by atoms with Crippen LogP contribution in [0, 0.1) is 0 Å². The third kappa shape index (κ3) is 1.48. The van der Waals surface area contributed by atoms with Gasteiger partial charge >= 0.3 is 0 Å². The molecule has 1 aromatic carbocycles. The van der Waals surface area contributed by atoms with E-state index in [1.54, 1.807) is 0 Å². The number of allylic oxidation sites excluding steroid dienone is 1. The molecule has 0 aromatic heterocycles. The number of fused-ring (bicyclic) bond motifs is 1. The van der Waals surface area contributed by atoms with Gasteiger partial charge in [0, 0.05) is 12.8 Å². The molecule has 0 spiro atoms. The number of hydrogen-bond acceptors (Lipinski definition) is 1. The van der Waals surface area contributed by atoms with Gasteiger partial charge in [0.15, 0.2) is 0 Å². The van der Waals surface area contributed by atoms with Gasteiger partial charge in [-0.15, -0.1) is 0 Å². The van der Waals surface area contributed by atoms with Gasteiger partial charge in [-0.05, 0) is 24.5 Å². The maximum absolute atomic E-state index is 3.90. The molecule has 3 N–H and O–H groups in total. The Labute approximate surface area is 73.7 Å². The van der Waals surface area contributed by atoms with E-state index in [4.69, 9.17) is 0 Å². The highest BCUT2D eigenvalue weighted by atomic mass is 16.0. The van der Waals surface area contributed by atoms with Gasteiger partial charge in [0.1, 0.15) is 0 Å². The van der Waals surface area contributed by atoms with Crippen molar-refractivity contribution in [3.05, 3.63) is 42.1 Å². The van der Waals surface area contributed by atoms with Crippen LogP contribution in [0.3, 0.4) is 0 Å². The molecular formula is C10H15NO. The van der Waals surface area contributed by atoms with Crippen LogP contribution in [0.15, 0.2) is 36.5 Å². The number of nitrogens with one attached hydrogen (secondary N) is 1. The first-order valence-electron chi connectivity index (χ1n) is 3.89. The predicted octanol–water partition coefficient (Wildman–Crippen LogP) is 1.98. The molecule has 0 unspecified atom stereocenters. The van der Waals surface area contributed by atoms with Gasteiger partial charge in [-0.25, -0.2) is 0 Å². The van der Waals surface area contributed by atoms with Crippen molar-refractivity contribution < 1.29 is 6.90 Å². The predicted molar refractivity (Wildman–Crippen MR) is 53.3 cm³/mol. The lowest BCUT2D eigenvalue weighted by molar-refractivity contribution is 0.824. The molecule has 0 bridgehead atoms. The quantitative estimate of drug-likeness (QED) is 0.627. The van der Waals surface area contributed by atoms with Crippen LogP contribution in [-0.2, 0) is 6.42 Å². The fourth-order valence-corrected chi connectivity index (χ4v) is 1.40. The molecule has 0 saturated heterocycles. The van der Waals surface area contributed by atoms with Crippen molar-refractivity contribution in [1.82, 2.24) is 0 Å². The third-order valence-electron chi connectivity index (χ3n) is 2.02. The first-order valence-corrected chi connectivity index (χ1v) is 3.89. The second-order valence-corrected chi connectivity index (χ2v) is 2.89. The summed E-state index contributed by atoms with van der Waals surface area (Å²) in [5.74, 6) is 0. The molecule has 1 heterocycles. The summed E-state index contributed by atoms with van der Waals surface area (Å²) in [5.41, 5.74) is 3.76. The van der Waals surface area contributed by atoms with Crippen LogP contribution in [0.1, 0.15) is 13.4 Å². The molecule has 0 amide bonds. The molecule has 1 aliphatic heterocycles. The molecule has 2 nitrogen and oxygen atoms in total. The highest BCUT2D eigenvalue weighted by Gasteiger charge is 2.08. The Morgan fingerprint density at radius 3 is 2.83 bits per heavy atom. The Morgan fingerprint density at radius 1 is 1.25 bits per heavy atom. The van der Waals surface area contributed by atoms with Crippen LogP contribution in [0.5, 0.6) is 0 Å². The monoisotopic (exact) mass is 165 g/mol. The molecular weight excluding hydrogens is 150 g/mol. The zero-order chi connectivity index (χ0) is 7.68. The number of hydrogen-bond donors (Lipinski definition) is 1. The average Bonchev–Trinajstić information content (AvgIpc) is 2.04. The molecule has 0 radical (unpaired) electrons. The molecule has 0 saturated carbocycles. The minimum absolute atomic E-state index is 0. The van der Waals surface area contributed by atoms with Crippen LogP contribution in [0.4, 0.5) is 5.69 Å². The largest absolute Gasteiger partial charge is 0.412 e. The van der Waals surface area contributed by atoms with Crippen LogP contribution in [-0.4, -0.2) is 5.48 Å². The third-order valence-corrected chi connectivity index (χ3v) is 2.02. The first-order chi connectivity index (χ1) is 5.36. The van der Waals surface area contributed by atoms with Gasteiger partial charge in [0.05, 0.1) is 0 Å². The molecule has 66 valence electrons. The topological polar surface area (TPSA) is 43.5 Å². The summed E-state index contributed by atoms with van der Waals surface area (Å²) < 4.78 is 0. The van der Waals surface area contributed by atoms with Crippen molar-refractivity contribution in [3.8, 4) is 0 Å². The lowest BCUT2D eigenvalue weighted by Gasteiger charge is -2.19.